The van der Waals surface area contributed by atoms with Gasteiger partial charge in [-0.15, -0.1) is 13.2 Å². The third-order valence-electron chi connectivity index (χ3n) is 4.11. The SMILES string of the molecule is O=C(/C=C/c1cccnc1)Cc1ccc(S(=O)(=O)c2cccc(OC(F)(F)F)c2)cc1. The van der Waals surface area contributed by atoms with Gasteiger partial charge in [0.05, 0.1) is 9.79 Å². The molecule has 31 heavy (non-hydrogen) atoms. The summed E-state index contributed by atoms with van der Waals surface area (Å²) in [6, 6.07) is 13.3. The summed E-state index contributed by atoms with van der Waals surface area (Å²) in [6.45, 7) is 0. The van der Waals surface area contributed by atoms with Crippen LogP contribution in [0.2, 0.25) is 0 Å². The number of carbonyl (C=O) groups excluding carboxylic acids is 1. The maximum atomic E-state index is 12.7. The molecule has 0 N–H and O–H groups in total. The van der Waals surface area contributed by atoms with Crippen molar-refractivity contribution in [2.45, 2.75) is 22.6 Å². The van der Waals surface area contributed by atoms with E-state index in [0.717, 1.165) is 23.8 Å². The number of ether oxygens (including phenoxy) is 1. The van der Waals surface area contributed by atoms with Crippen LogP contribution in [0.25, 0.3) is 6.08 Å². The average molecular weight is 447 g/mol. The van der Waals surface area contributed by atoms with Gasteiger partial charge in [0.2, 0.25) is 9.84 Å². The highest BCUT2D eigenvalue weighted by Crippen LogP contribution is 2.28. The summed E-state index contributed by atoms with van der Waals surface area (Å²) in [6.07, 6.45) is 1.40. The quantitative estimate of drug-likeness (QED) is 0.494. The summed E-state index contributed by atoms with van der Waals surface area (Å²) in [5.41, 5.74) is 1.36. The van der Waals surface area contributed by atoms with Gasteiger partial charge in [0.15, 0.2) is 5.78 Å². The molecule has 0 aliphatic heterocycles. The molecule has 1 heterocycles. The number of hydrogen-bond acceptors (Lipinski definition) is 5. The molecule has 0 atom stereocenters. The van der Waals surface area contributed by atoms with Gasteiger partial charge in [-0.25, -0.2) is 8.42 Å². The van der Waals surface area contributed by atoms with Gasteiger partial charge in [0.25, 0.3) is 0 Å². The number of carbonyl (C=O) groups is 1. The van der Waals surface area contributed by atoms with Crippen molar-refractivity contribution >= 4 is 21.7 Å². The molecule has 0 unspecified atom stereocenters. The third kappa shape index (κ3) is 6.26. The van der Waals surface area contributed by atoms with Crippen LogP contribution in [0.3, 0.4) is 0 Å². The number of nitrogens with zero attached hydrogens (tertiary/aromatic N) is 1. The Morgan fingerprint density at radius 3 is 2.39 bits per heavy atom. The summed E-state index contributed by atoms with van der Waals surface area (Å²) in [5, 5.41) is 0. The molecule has 5 nitrogen and oxygen atoms in total. The van der Waals surface area contributed by atoms with E-state index in [2.05, 4.69) is 9.72 Å². The van der Waals surface area contributed by atoms with Crippen molar-refractivity contribution in [2.24, 2.45) is 0 Å². The fraction of sp³-hybridized carbons (Fsp3) is 0.0909. The Kier molecular flexibility index (Phi) is 6.55. The van der Waals surface area contributed by atoms with Gasteiger partial charge in [-0.3, -0.25) is 9.78 Å². The molecular weight excluding hydrogens is 431 g/mol. The van der Waals surface area contributed by atoms with E-state index >= 15 is 0 Å². The van der Waals surface area contributed by atoms with E-state index in [1.165, 1.54) is 36.4 Å². The molecule has 0 saturated carbocycles. The Hall–Kier alpha value is -3.46. The van der Waals surface area contributed by atoms with E-state index in [-0.39, 0.29) is 22.0 Å². The van der Waals surface area contributed by atoms with Crippen LogP contribution in [0.4, 0.5) is 13.2 Å². The number of allylic oxidation sites excluding steroid dienone is 1. The normalized spacial score (nSPS) is 12.1. The van der Waals surface area contributed by atoms with Crippen LogP contribution in [-0.4, -0.2) is 25.5 Å². The number of sulfone groups is 1. The van der Waals surface area contributed by atoms with E-state index in [4.69, 9.17) is 0 Å². The van der Waals surface area contributed by atoms with Gasteiger partial charge in [0, 0.05) is 18.8 Å². The molecule has 0 bridgehead atoms. The molecule has 1 aromatic heterocycles. The molecule has 3 aromatic rings. The smallest absolute Gasteiger partial charge is 0.406 e. The van der Waals surface area contributed by atoms with Crippen molar-refractivity contribution < 1.29 is 31.1 Å². The zero-order valence-corrected chi connectivity index (χ0v) is 16.7. The predicted molar refractivity (Wildman–Crippen MR) is 107 cm³/mol. The first-order valence-corrected chi connectivity index (χ1v) is 10.4. The molecule has 160 valence electrons. The number of rotatable bonds is 7. The van der Waals surface area contributed by atoms with Crippen LogP contribution in [0.1, 0.15) is 11.1 Å². The van der Waals surface area contributed by atoms with Crippen molar-refractivity contribution in [3.8, 4) is 5.75 Å². The number of benzene rings is 2. The molecule has 0 amide bonds. The summed E-state index contributed by atoms with van der Waals surface area (Å²) < 4.78 is 66.4. The Balaban J connectivity index is 1.72. The monoisotopic (exact) mass is 447 g/mol. The second-order valence-corrected chi connectivity index (χ2v) is 8.38. The molecule has 0 aliphatic carbocycles. The average Bonchev–Trinajstić information content (AvgIpc) is 2.72. The molecule has 0 fully saturated rings. The van der Waals surface area contributed by atoms with Gasteiger partial charge in [-0.1, -0.05) is 24.3 Å². The Labute approximate surface area is 176 Å². The van der Waals surface area contributed by atoms with Gasteiger partial charge in [-0.05, 0) is 59.7 Å². The summed E-state index contributed by atoms with van der Waals surface area (Å²) >= 11 is 0. The lowest BCUT2D eigenvalue weighted by Crippen LogP contribution is -2.17. The van der Waals surface area contributed by atoms with E-state index in [0.29, 0.717) is 5.56 Å². The van der Waals surface area contributed by atoms with Crippen LogP contribution in [0.5, 0.6) is 5.75 Å². The molecule has 0 spiro atoms. The van der Waals surface area contributed by atoms with Crippen LogP contribution < -0.4 is 4.74 Å². The van der Waals surface area contributed by atoms with E-state index in [9.17, 15) is 26.4 Å². The highest BCUT2D eigenvalue weighted by Gasteiger charge is 2.31. The lowest BCUT2D eigenvalue weighted by Gasteiger charge is -2.11. The molecule has 9 heteroatoms. The zero-order chi connectivity index (χ0) is 22.5. The molecule has 2 aromatic carbocycles. The lowest BCUT2D eigenvalue weighted by atomic mass is 10.1. The second-order valence-electron chi connectivity index (χ2n) is 6.43. The Morgan fingerprint density at radius 1 is 1.00 bits per heavy atom. The third-order valence-corrected chi connectivity index (χ3v) is 5.87. The largest absolute Gasteiger partial charge is 0.573 e. The van der Waals surface area contributed by atoms with Gasteiger partial charge < -0.3 is 4.74 Å². The van der Waals surface area contributed by atoms with Crippen molar-refractivity contribution in [3.05, 3.63) is 90.3 Å². The number of halogens is 3. The topological polar surface area (TPSA) is 73.3 Å². The molecule has 0 saturated heterocycles. The fourth-order valence-electron chi connectivity index (χ4n) is 2.68. The van der Waals surface area contributed by atoms with Gasteiger partial charge in [-0.2, -0.15) is 0 Å². The second kappa shape index (κ2) is 9.13. The number of alkyl halides is 3. The molecule has 0 aliphatic rings. The highest BCUT2D eigenvalue weighted by molar-refractivity contribution is 7.91. The summed E-state index contributed by atoms with van der Waals surface area (Å²) in [5.74, 6) is -0.812. The first-order chi connectivity index (χ1) is 14.6. The zero-order valence-electron chi connectivity index (χ0n) is 15.9. The van der Waals surface area contributed by atoms with Crippen LogP contribution in [0.15, 0.2) is 88.9 Å². The number of hydrogen-bond donors (Lipinski definition) is 0. The maximum Gasteiger partial charge on any atom is 0.573 e. The standard InChI is InChI=1S/C22H16F3NO4S/c23-22(24,25)30-19-4-1-5-21(14-19)31(28,29)20-10-7-16(8-11-20)13-18(27)9-6-17-3-2-12-26-15-17/h1-12,14-15H,13H2/b9-6+. The number of aromatic nitrogens is 1. The van der Waals surface area contributed by atoms with Gasteiger partial charge >= 0.3 is 6.36 Å². The minimum atomic E-state index is -4.93. The lowest BCUT2D eigenvalue weighted by molar-refractivity contribution is -0.274. The van der Waals surface area contributed by atoms with E-state index < -0.39 is 21.9 Å². The molecule has 3 rings (SSSR count). The molecule has 0 radical (unpaired) electrons. The number of ketones is 1. The summed E-state index contributed by atoms with van der Waals surface area (Å²) in [7, 11) is -4.06. The van der Waals surface area contributed by atoms with Crippen molar-refractivity contribution in [1.82, 2.24) is 4.98 Å². The maximum absolute atomic E-state index is 12.7. The Bertz CT molecular complexity index is 1190. The van der Waals surface area contributed by atoms with Gasteiger partial charge in [0.1, 0.15) is 5.75 Å². The first kappa shape index (κ1) is 22.2. The Morgan fingerprint density at radius 2 is 1.74 bits per heavy atom. The minimum absolute atomic E-state index is 0.0615. The van der Waals surface area contributed by atoms with Crippen molar-refractivity contribution in [2.75, 3.05) is 0 Å². The van der Waals surface area contributed by atoms with E-state index in [1.54, 1.807) is 30.6 Å². The minimum Gasteiger partial charge on any atom is -0.406 e. The first-order valence-electron chi connectivity index (χ1n) is 8.94. The van der Waals surface area contributed by atoms with Crippen molar-refractivity contribution in [1.29, 1.82) is 0 Å². The van der Waals surface area contributed by atoms with Crippen molar-refractivity contribution in [3.63, 3.8) is 0 Å². The summed E-state index contributed by atoms with van der Waals surface area (Å²) in [4.78, 5) is 15.6. The van der Waals surface area contributed by atoms with Crippen LogP contribution >= 0.6 is 0 Å². The van der Waals surface area contributed by atoms with E-state index in [1.807, 2.05) is 0 Å². The fourth-order valence-corrected chi connectivity index (χ4v) is 3.98. The molecular formula is C22H16F3NO4S. The highest BCUT2D eigenvalue weighted by atomic mass is 32.2. The predicted octanol–water partition coefficient (Wildman–Crippen LogP) is 4.64. The number of pyridine rings is 1. The van der Waals surface area contributed by atoms with Crippen LogP contribution in [-0.2, 0) is 21.1 Å². The van der Waals surface area contributed by atoms with Crippen LogP contribution in [0, 0.1) is 0 Å².